The number of carbonyl (C=O) groups is 5. The largest absolute Gasteiger partial charge is 0.508 e. The molecule has 0 aromatic heterocycles. The zero-order valence-electron chi connectivity index (χ0n) is 24.6. The lowest BCUT2D eigenvalue weighted by molar-refractivity contribution is -0.149. The number of hydrogen-bond donors (Lipinski definition) is 5. The van der Waals surface area contributed by atoms with E-state index in [0.717, 1.165) is 6.08 Å². The average Bonchev–Trinajstić information content (AvgIpc) is 2.85. The van der Waals surface area contributed by atoms with Gasteiger partial charge in [0.15, 0.2) is 0 Å². The monoisotopic (exact) mass is 574 g/mol. The first-order chi connectivity index (χ1) is 19.1. The first-order valence-electron chi connectivity index (χ1n) is 13.6. The van der Waals surface area contributed by atoms with E-state index in [9.17, 15) is 29.1 Å². The molecule has 0 saturated heterocycles. The molecule has 1 heterocycles. The molecule has 0 saturated carbocycles. The van der Waals surface area contributed by atoms with Crippen molar-refractivity contribution in [3.05, 3.63) is 42.0 Å². The van der Waals surface area contributed by atoms with E-state index in [1.807, 2.05) is 0 Å². The molecular weight excluding hydrogens is 532 g/mol. The van der Waals surface area contributed by atoms with Crippen LogP contribution in [-0.2, 0) is 35.1 Å². The Kier molecular flexibility index (Phi) is 11.7. The van der Waals surface area contributed by atoms with Crippen LogP contribution in [0.5, 0.6) is 5.75 Å². The first kappa shape index (κ1) is 33.1. The quantitative estimate of drug-likeness (QED) is 0.306. The third-order valence-electron chi connectivity index (χ3n) is 6.06. The van der Waals surface area contributed by atoms with Gasteiger partial charge in [0, 0.05) is 12.5 Å². The van der Waals surface area contributed by atoms with Crippen molar-refractivity contribution in [2.24, 2.45) is 11.8 Å². The smallest absolute Gasteiger partial charge is 0.408 e. The molecule has 1 aliphatic rings. The number of phenols is 1. The van der Waals surface area contributed by atoms with Crippen LogP contribution in [0.25, 0.3) is 0 Å². The Morgan fingerprint density at radius 2 is 1.71 bits per heavy atom. The SMILES string of the molecule is CC(C)[C@@H]1NC(=O)/C=C/[C@@H](NC(=O)[C@@H](NC(=O)OC(C)(C)C)C(C)C)COC(=O)[C@H](Cc2ccc(O)cc2)NC1=O. The highest BCUT2D eigenvalue weighted by atomic mass is 16.6. The van der Waals surface area contributed by atoms with E-state index in [2.05, 4.69) is 21.3 Å². The Bertz CT molecular complexity index is 1120. The second-order valence-electron chi connectivity index (χ2n) is 11.6. The number of carbonyl (C=O) groups excluding carboxylic acids is 5. The zero-order valence-corrected chi connectivity index (χ0v) is 24.6. The number of rotatable bonds is 7. The van der Waals surface area contributed by atoms with Crippen LogP contribution in [0.1, 0.15) is 54.0 Å². The van der Waals surface area contributed by atoms with E-state index in [1.54, 1.807) is 60.6 Å². The highest BCUT2D eigenvalue weighted by molar-refractivity contribution is 5.95. The fraction of sp³-hybridized carbons (Fsp3) is 0.552. The van der Waals surface area contributed by atoms with E-state index in [-0.39, 0.29) is 30.6 Å². The molecule has 12 nitrogen and oxygen atoms in total. The van der Waals surface area contributed by atoms with Gasteiger partial charge in [0.25, 0.3) is 0 Å². The van der Waals surface area contributed by atoms with Crippen LogP contribution in [0.4, 0.5) is 4.79 Å². The van der Waals surface area contributed by atoms with Gasteiger partial charge in [0.1, 0.15) is 36.1 Å². The highest BCUT2D eigenvalue weighted by Crippen LogP contribution is 2.14. The van der Waals surface area contributed by atoms with E-state index >= 15 is 0 Å². The molecule has 226 valence electrons. The van der Waals surface area contributed by atoms with Gasteiger partial charge in [-0.05, 0) is 50.3 Å². The molecule has 0 fully saturated rings. The van der Waals surface area contributed by atoms with Gasteiger partial charge in [-0.1, -0.05) is 45.9 Å². The van der Waals surface area contributed by atoms with Gasteiger partial charge >= 0.3 is 12.1 Å². The van der Waals surface area contributed by atoms with Crippen LogP contribution in [0.2, 0.25) is 0 Å². The molecule has 0 radical (unpaired) electrons. The molecule has 1 aromatic carbocycles. The molecule has 5 N–H and O–H groups in total. The van der Waals surface area contributed by atoms with Gasteiger partial charge in [-0.2, -0.15) is 0 Å². The Labute approximate surface area is 240 Å². The summed E-state index contributed by atoms with van der Waals surface area (Å²) >= 11 is 0. The molecule has 41 heavy (non-hydrogen) atoms. The predicted octanol–water partition coefficient (Wildman–Crippen LogP) is 1.71. The number of nitrogens with one attached hydrogen (secondary N) is 4. The summed E-state index contributed by atoms with van der Waals surface area (Å²) < 4.78 is 10.8. The standard InChI is InChI=1S/C29H42N4O8/c1-16(2)23-26(37)31-21(14-18-8-11-20(34)12-9-18)27(38)40-15-19(10-13-22(35)32-23)30-25(36)24(17(3)4)33-28(39)41-29(5,6)7/h8-13,16-17,19,21,23-24,34H,14-15H2,1-7H3,(H,30,36)(H,31,37)(H,32,35)(H,33,39)/b13-10+/t19-,21+,23+,24+/m1/s1. The van der Waals surface area contributed by atoms with Crippen molar-refractivity contribution in [2.45, 2.75) is 84.7 Å². The molecule has 0 bridgehead atoms. The van der Waals surface area contributed by atoms with Crippen molar-refractivity contribution >= 4 is 29.8 Å². The third kappa shape index (κ3) is 11.1. The summed E-state index contributed by atoms with van der Waals surface area (Å²) in [5.41, 5.74) is -0.111. The van der Waals surface area contributed by atoms with Gasteiger partial charge in [-0.25, -0.2) is 9.59 Å². The Morgan fingerprint density at radius 1 is 1.07 bits per heavy atom. The Hall–Kier alpha value is -4.09. The minimum Gasteiger partial charge on any atom is -0.508 e. The maximum Gasteiger partial charge on any atom is 0.408 e. The number of aromatic hydroxyl groups is 1. The van der Waals surface area contributed by atoms with Crippen LogP contribution in [0.3, 0.4) is 0 Å². The molecule has 0 spiro atoms. The summed E-state index contributed by atoms with van der Waals surface area (Å²) in [6, 6.07) is 2.19. The lowest BCUT2D eigenvalue weighted by Gasteiger charge is -2.28. The van der Waals surface area contributed by atoms with E-state index in [1.165, 1.54) is 18.2 Å². The summed E-state index contributed by atoms with van der Waals surface area (Å²) in [7, 11) is 0. The maximum absolute atomic E-state index is 13.2. The second kappa shape index (κ2) is 14.5. The van der Waals surface area contributed by atoms with Crippen LogP contribution in [0, 0.1) is 11.8 Å². The van der Waals surface area contributed by atoms with Crippen molar-refractivity contribution < 1.29 is 38.6 Å². The molecule has 4 amide bonds. The number of hydrogen-bond acceptors (Lipinski definition) is 8. The normalized spacial score (nSPS) is 21.9. The average molecular weight is 575 g/mol. The van der Waals surface area contributed by atoms with E-state index in [0.29, 0.717) is 5.56 Å². The predicted molar refractivity (Wildman–Crippen MR) is 151 cm³/mol. The molecule has 0 aliphatic carbocycles. The van der Waals surface area contributed by atoms with Crippen molar-refractivity contribution in [3.8, 4) is 5.75 Å². The molecule has 0 unspecified atom stereocenters. The number of cyclic esters (lactones) is 1. The molecule has 1 aliphatic heterocycles. The summed E-state index contributed by atoms with van der Waals surface area (Å²) in [4.78, 5) is 64.4. The number of benzene rings is 1. The first-order valence-corrected chi connectivity index (χ1v) is 13.6. The van der Waals surface area contributed by atoms with E-state index in [4.69, 9.17) is 9.47 Å². The zero-order chi connectivity index (χ0) is 30.9. The fourth-order valence-electron chi connectivity index (χ4n) is 3.92. The molecule has 2 rings (SSSR count). The van der Waals surface area contributed by atoms with Gasteiger partial charge in [-0.3, -0.25) is 14.4 Å². The fourth-order valence-corrected chi connectivity index (χ4v) is 3.92. The molecular formula is C29H42N4O8. The molecule has 4 atom stereocenters. The molecule has 12 heteroatoms. The topological polar surface area (TPSA) is 172 Å². The summed E-state index contributed by atoms with van der Waals surface area (Å²) in [6.45, 7) is 11.7. The maximum atomic E-state index is 13.2. The lowest BCUT2D eigenvalue weighted by Crippen LogP contribution is -2.55. The minimum atomic E-state index is -1.11. The van der Waals surface area contributed by atoms with Crippen molar-refractivity contribution in [3.63, 3.8) is 0 Å². The van der Waals surface area contributed by atoms with Gasteiger partial charge in [0.2, 0.25) is 17.7 Å². The lowest BCUT2D eigenvalue weighted by atomic mass is 10.0. The van der Waals surface area contributed by atoms with Crippen molar-refractivity contribution in [2.75, 3.05) is 6.61 Å². The van der Waals surface area contributed by atoms with Crippen molar-refractivity contribution in [1.82, 2.24) is 21.3 Å². The van der Waals surface area contributed by atoms with Crippen molar-refractivity contribution in [1.29, 1.82) is 0 Å². The van der Waals surface area contributed by atoms with Crippen LogP contribution in [-0.4, -0.2) is 71.3 Å². The van der Waals surface area contributed by atoms with Gasteiger partial charge in [-0.15, -0.1) is 0 Å². The summed E-state index contributed by atoms with van der Waals surface area (Å²) in [6.07, 6.45) is 1.81. The summed E-state index contributed by atoms with van der Waals surface area (Å²) in [5.74, 6) is -3.03. The number of ether oxygens (including phenoxy) is 2. The number of phenolic OH excluding ortho intramolecular Hbond substituents is 1. The van der Waals surface area contributed by atoms with Gasteiger partial charge in [0.05, 0.1) is 6.04 Å². The number of esters is 1. The second-order valence-corrected chi connectivity index (χ2v) is 11.6. The van der Waals surface area contributed by atoms with E-state index < -0.39 is 59.6 Å². The Balaban J connectivity index is 2.29. The number of amides is 4. The molecule has 1 aromatic rings. The summed E-state index contributed by atoms with van der Waals surface area (Å²) in [5, 5.41) is 20.2. The third-order valence-corrected chi connectivity index (χ3v) is 6.06. The van der Waals surface area contributed by atoms with Crippen LogP contribution in [0.15, 0.2) is 36.4 Å². The minimum absolute atomic E-state index is 0.0490. The van der Waals surface area contributed by atoms with Gasteiger partial charge < -0.3 is 35.8 Å². The number of alkyl carbamates (subject to hydrolysis) is 1. The Morgan fingerprint density at radius 3 is 2.27 bits per heavy atom. The highest BCUT2D eigenvalue weighted by Gasteiger charge is 2.32. The van der Waals surface area contributed by atoms with Crippen LogP contribution >= 0.6 is 0 Å². The van der Waals surface area contributed by atoms with Crippen LogP contribution < -0.4 is 21.3 Å².